The van der Waals surface area contributed by atoms with Crippen molar-refractivity contribution in [1.29, 1.82) is 0 Å². The monoisotopic (exact) mass is 702 g/mol. The van der Waals surface area contributed by atoms with Crippen LogP contribution in [-0.2, 0) is 33.3 Å². The van der Waals surface area contributed by atoms with Crippen LogP contribution in [0.25, 0.3) is 6.08 Å². The lowest BCUT2D eigenvalue weighted by molar-refractivity contribution is -0.298. The van der Waals surface area contributed by atoms with Crippen molar-refractivity contribution in [3.8, 4) is 0 Å². The number of benzene rings is 1. The number of aliphatic hydroxyl groups is 5. The molecule has 274 valence electrons. The van der Waals surface area contributed by atoms with E-state index in [4.69, 9.17) is 28.8 Å². The van der Waals surface area contributed by atoms with Crippen LogP contribution in [0, 0.1) is 11.8 Å². The predicted octanol–water partition coefficient (Wildman–Crippen LogP) is -0.713. The zero-order chi connectivity index (χ0) is 35.4. The smallest absolute Gasteiger partial charge is 0.339 e. The Morgan fingerprint density at radius 2 is 1.68 bits per heavy atom. The number of aliphatic hydroxyl groups excluding tert-OH is 5. The van der Waals surface area contributed by atoms with Gasteiger partial charge in [0.25, 0.3) is 0 Å². The molecule has 0 spiro atoms. The van der Waals surface area contributed by atoms with E-state index in [2.05, 4.69) is 10.6 Å². The molecule has 50 heavy (non-hydrogen) atoms. The summed E-state index contributed by atoms with van der Waals surface area (Å²) >= 11 is 0. The first kappa shape index (κ1) is 36.5. The molecular formula is C35H46N2O13. The lowest BCUT2D eigenvalue weighted by Crippen LogP contribution is -2.59. The van der Waals surface area contributed by atoms with Crippen LogP contribution >= 0.6 is 0 Å². The minimum absolute atomic E-state index is 0.0351. The maximum Gasteiger partial charge on any atom is 0.339 e. The number of amides is 2. The number of hydrogen-bond acceptors (Lipinski definition) is 13. The molecule has 0 bridgehead atoms. The van der Waals surface area contributed by atoms with Gasteiger partial charge in [-0.05, 0) is 43.4 Å². The van der Waals surface area contributed by atoms with E-state index in [0.717, 1.165) is 25.7 Å². The van der Waals surface area contributed by atoms with E-state index in [1.807, 2.05) is 0 Å². The second-order valence-corrected chi connectivity index (χ2v) is 13.4. The Hall–Kier alpha value is -3.25. The fraction of sp³-hybridized carbons (Fsp3) is 0.629. The molecule has 1 aromatic rings. The third kappa shape index (κ3) is 8.11. The van der Waals surface area contributed by atoms with Crippen molar-refractivity contribution in [2.45, 2.75) is 93.3 Å². The molecule has 8 unspecified atom stereocenters. The highest BCUT2D eigenvalue weighted by Crippen LogP contribution is 2.59. The maximum absolute atomic E-state index is 13.8. The number of ether oxygens (including phenoxy) is 5. The molecule has 2 saturated heterocycles. The van der Waals surface area contributed by atoms with Crippen LogP contribution in [-0.4, -0.2) is 131 Å². The highest BCUT2D eigenvalue weighted by atomic mass is 16.8. The molecule has 2 saturated carbocycles. The summed E-state index contributed by atoms with van der Waals surface area (Å²) in [5, 5.41) is 53.8. The van der Waals surface area contributed by atoms with Gasteiger partial charge >= 0.3 is 5.97 Å². The van der Waals surface area contributed by atoms with Crippen LogP contribution in [0.5, 0.6) is 0 Å². The Kier molecular flexibility index (Phi) is 11.7. The SMILES string of the molecule is O=C(CCNC(=O)C1=CC2OC(C3CC3)(C3CC3)OC2C(OC(=O)c2ccccc2C=CCOC2OC(CO)C(O)C(O)C2O)C1)NCCO. The van der Waals surface area contributed by atoms with Crippen LogP contribution in [0.15, 0.2) is 42.0 Å². The van der Waals surface area contributed by atoms with Gasteiger partial charge in [-0.15, -0.1) is 0 Å². The van der Waals surface area contributed by atoms with Gasteiger partial charge in [-0.25, -0.2) is 4.79 Å². The number of fused-ring (bicyclic) bond motifs is 1. The second-order valence-electron chi connectivity index (χ2n) is 13.4. The summed E-state index contributed by atoms with van der Waals surface area (Å²) in [4.78, 5) is 39.0. The molecule has 2 aliphatic heterocycles. The van der Waals surface area contributed by atoms with Gasteiger partial charge in [-0.3, -0.25) is 9.59 Å². The summed E-state index contributed by atoms with van der Waals surface area (Å²) in [6, 6.07) is 6.75. The van der Waals surface area contributed by atoms with Gasteiger partial charge in [0.15, 0.2) is 12.1 Å². The Morgan fingerprint density at radius 3 is 2.38 bits per heavy atom. The number of rotatable bonds is 15. The number of carbonyl (C=O) groups is 3. The van der Waals surface area contributed by atoms with Crippen molar-refractivity contribution in [3.63, 3.8) is 0 Å². The average Bonchev–Trinajstić information content (AvgIpc) is 4.06. The molecule has 8 atom stereocenters. The zero-order valence-corrected chi connectivity index (χ0v) is 27.6. The number of nitrogens with one attached hydrogen (secondary N) is 2. The highest BCUT2D eigenvalue weighted by Gasteiger charge is 2.64. The zero-order valence-electron chi connectivity index (χ0n) is 27.6. The Morgan fingerprint density at radius 1 is 0.940 bits per heavy atom. The first-order valence-corrected chi connectivity index (χ1v) is 17.3. The van der Waals surface area contributed by atoms with E-state index in [1.54, 1.807) is 42.5 Å². The van der Waals surface area contributed by atoms with E-state index in [-0.39, 0.29) is 62.5 Å². The maximum atomic E-state index is 13.8. The first-order chi connectivity index (χ1) is 24.1. The van der Waals surface area contributed by atoms with Gasteiger partial charge < -0.3 is 59.9 Å². The molecule has 1 aromatic carbocycles. The van der Waals surface area contributed by atoms with Gasteiger partial charge in [0.05, 0.1) is 25.4 Å². The normalized spacial score (nSPS) is 31.9. The van der Waals surface area contributed by atoms with E-state index in [9.17, 15) is 34.8 Å². The molecule has 6 rings (SSSR count). The van der Waals surface area contributed by atoms with Crippen molar-refractivity contribution in [2.75, 3.05) is 32.9 Å². The summed E-state index contributed by atoms with van der Waals surface area (Å²) in [6.45, 7) is -0.647. The molecule has 2 amide bonds. The highest BCUT2D eigenvalue weighted by molar-refractivity contribution is 5.95. The molecule has 15 nitrogen and oxygen atoms in total. The quantitative estimate of drug-likeness (QED) is 0.112. The van der Waals surface area contributed by atoms with Crippen LogP contribution < -0.4 is 10.6 Å². The molecule has 4 fully saturated rings. The van der Waals surface area contributed by atoms with Gasteiger partial charge in [-0.1, -0.05) is 30.4 Å². The third-order valence-electron chi connectivity index (χ3n) is 9.72. The number of carbonyl (C=O) groups excluding carboxylic acids is 3. The standard InChI is InChI=1S/C35H46N2O13/c38-14-13-36-27(40)11-12-37-32(44)20-16-24(31-25(17-20)49-35(50-31,21-7-8-21)22-9-10-22)47-33(45)23-6-2-1-4-19(23)5-3-15-46-34-30(43)29(42)28(41)26(18-39)48-34/h1-6,17,21-22,24-26,28-31,34,38-39,41-43H,7-16,18H2,(H,36,40)(H,37,44). The predicted molar refractivity (Wildman–Crippen MR) is 173 cm³/mol. The topological polar surface area (TPSA) is 223 Å². The van der Waals surface area contributed by atoms with Gasteiger partial charge in [-0.2, -0.15) is 0 Å². The van der Waals surface area contributed by atoms with Gasteiger partial charge in [0.2, 0.25) is 11.8 Å². The van der Waals surface area contributed by atoms with Crippen LogP contribution in [0.2, 0.25) is 0 Å². The van der Waals surface area contributed by atoms with Crippen molar-refractivity contribution >= 4 is 23.9 Å². The van der Waals surface area contributed by atoms with Crippen LogP contribution in [0.1, 0.15) is 54.4 Å². The Bertz CT molecular complexity index is 1430. The lowest BCUT2D eigenvalue weighted by Gasteiger charge is -2.39. The molecule has 2 heterocycles. The van der Waals surface area contributed by atoms with E-state index < -0.39 is 73.3 Å². The molecule has 7 N–H and O–H groups in total. The molecule has 0 aromatic heterocycles. The first-order valence-electron chi connectivity index (χ1n) is 17.3. The fourth-order valence-electron chi connectivity index (χ4n) is 6.82. The summed E-state index contributed by atoms with van der Waals surface area (Å²) in [5.74, 6) is -1.61. The second kappa shape index (κ2) is 16.0. The molecule has 15 heteroatoms. The third-order valence-corrected chi connectivity index (χ3v) is 9.72. The molecule has 5 aliphatic rings. The van der Waals surface area contributed by atoms with Gasteiger partial charge in [0.1, 0.15) is 42.7 Å². The van der Waals surface area contributed by atoms with Crippen LogP contribution in [0.4, 0.5) is 0 Å². The van der Waals surface area contributed by atoms with E-state index in [0.29, 0.717) is 11.1 Å². The van der Waals surface area contributed by atoms with Crippen LogP contribution in [0.3, 0.4) is 0 Å². The fourth-order valence-corrected chi connectivity index (χ4v) is 6.82. The summed E-state index contributed by atoms with van der Waals surface area (Å²) in [6.07, 6.45) is -0.0804. The Balaban J connectivity index is 1.12. The summed E-state index contributed by atoms with van der Waals surface area (Å²) in [5.41, 5.74) is 1.12. The Labute approximate surface area is 289 Å². The molecular weight excluding hydrogens is 656 g/mol. The number of esters is 1. The van der Waals surface area contributed by atoms with Crippen molar-refractivity contribution in [2.24, 2.45) is 11.8 Å². The molecule has 3 aliphatic carbocycles. The average molecular weight is 703 g/mol. The molecule has 0 radical (unpaired) electrons. The minimum atomic E-state index is -1.57. The van der Waals surface area contributed by atoms with Crippen molar-refractivity contribution in [3.05, 3.63) is 53.1 Å². The number of hydrogen-bond donors (Lipinski definition) is 7. The summed E-state index contributed by atoms with van der Waals surface area (Å²) < 4.78 is 30.3. The largest absolute Gasteiger partial charge is 0.456 e. The minimum Gasteiger partial charge on any atom is -0.456 e. The van der Waals surface area contributed by atoms with E-state index in [1.165, 1.54) is 0 Å². The summed E-state index contributed by atoms with van der Waals surface area (Å²) in [7, 11) is 0. The lowest BCUT2D eigenvalue weighted by atomic mass is 9.91. The van der Waals surface area contributed by atoms with Crippen molar-refractivity contribution in [1.82, 2.24) is 10.6 Å². The van der Waals surface area contributed by atoms with E-state index >= 15 is 0 Å². The van der Waals surface area contributed by atoms with Gasteiger partial charge in [0, 0.05) is 43.3 Å². The van der Waals surface area contributed by atoms with Crippen molar-refractivity contribution < 1.29 is 63.6 Å².